The van der Waals surface area contributed by atoms with Gasteiger partial charge < -0.3 is 0 Å². The molecule has 0 aliphatic carbocycles. The quantitative estimate of drug-likeness (QED) is 0.636. The van der Waals surface area contributed by atoms with Gasteiger partial charge in [0.05, 0.1) is 29.4 Å². The van der Waals surface area contributed by atoms with E-state index >= 15 is 0 Å². The highest BCUT2D eigenvalue weighted by Gasteiger charge is 2.40. The fourth-order valence-corrected chi connectivity index (χ4v) is 2.06. The molecule has 9 heteroatoms. The van der Waals surface area contributed by atoms with Crippen molar-refractivity contribution in [2.45, 2.75) is 6.36 Å². The first-order valence-electron chi connectivity index (χ1n) is 5.27. The molecule has 0 aromatic heterocycles. The monoisotopic (exact) mass is 311 g/mol. The maximum Gasteiger partial charge on any atom is 0.522 e. The molecule has 0 fully saturated rings. The summed E-state index contributed by atoms with van der Waals surface area (Å²) in [6.45, 7) is -1.54. The molecule has 108 valence electrons. The lowest BCUT2D eigenvalue weighted by Crippen LogP contribution is -2.34. The number of hydrogen-bond donors (Lipinski definition) is 0. The Hall–Kier alpha value is -1.67. The number of ether oxygens (including phenoxy) is 1. The second-order valence-corrected chi connectivity index (χ2v) is 4.24. The lowest BCUT2D eigenvalue weighted by atomic mass is 10.1. The second-order valence-electron chi connectivity index (χ2n) is 3.83. The van der Waals surface area contributed by atoms with E-state index in [4.69, 9.17) is 11.6 Å². The molecule has 1 aliphatic heterocycles. The summed E-state index contributed by atoms with van der Waals surface area (Å²) in [6, 6.07) is 2.02. The van der Waals surface area contributed by atoms with Gasteiger partial charge in [0, 0.05) is 0 Å². The maximum absolute atomic E-state index is 13.7. The summed E-state index contributed by atoms with van der Waals surface area (Å²) in [5.41, 5.74) is -0.762. The second kappa shape index (κ2) is 5.02. The van der Waals surface area contributed by atoms with Gasteiger partial charge in [-0.2, -0.15) is 0 Å². The van der Waals surface area contributed by atoms with Crippen LogP contribution in [0.5, 0.6) is 0 Å². The van der Waals surface area contributed by atoms with E-state index in [0.29, 0.717) is 4.90 Å². The molecule has 0 radical (unpaired) electrons. The van der Waals surface area contributed by atoms with E-state index in [-0.39, 0.29) is 10.6 Å². The molecule has 0 saturated heterocycles. The van der Waals surface area contributed by atoms with Crippen molar-refractivity contribution in [2.75, 3.05) is 18.1 Å². The third-order valence-electron chi connectivity index (χ3n) is 2.59. The van der Waals surface area contributed by atoms with E-state index in [1.165, 1.54) is 0 Å². The molecule has 0 saturated carbocycles. The third kappa shape index (κ3) is 2.61. The van der Waals surface area contributed by atoms with Gasteiger partial charge in [0.2, 0.25) is 0 Å². The topological polar surface area (TPSA) is 46.6 Å². The highest BCUT2D eigenvalue weighted by molar-refractivity contribution is 6.55. The molecule has 20 heavy (non-hydrogen) atoms. The molecule has 0 N–H and O–H groups in total. The Balaban J connectivity index is 2.27. The van der Waals surface area contributed by atoms with Gasteiger partial charge in [0.25, 0.3) is 11.7 Å². The molecule has 1 aromatic rings. The van der Waals surface area contributed by atoms with Crippen LogP contribution in [-0.2, 0) is 9.53 Å². The molecule has 1 heterocycles. The lowest BCUT2D eigenvalue weighted by molar-refractivity contribution is -0.323. The normalized spacial score (nSPS) is 14.9. The summed E-state index contributed by atoms with van der Waals surface area (Å²) < 4.78 is 52.7. The molecule has 4 nitrogen and oxygen atoms in total. The fourth-order valence-electron chi connectivity index (χ4n) is 1.82. The van der Waals surface area contributed by atoms with Crippen molar-refractivity contribution in [1.82, 2.24) is 0 Å². The van der Waals surface area contributed by atoms with Crippen LogP contribution in [0.1, 0.15) is 10.4 Å². The van der Waals surface area contributed by atoms with Crippen molar-refractivity contribution < 1.29 is 31.9 Å². The van der Waals surface area contributed by atoms with Gasteiger partial charge in [0.1, 0.15) is 5.82 Å². The van der Waals surface area contributed by atoms with Crippen molar-refractivity contribution in [2.24, 2.45) is 0 Å². The number of hydrogen-bond acceptors (Lipinski definition) is 3. The molecule has 0 atom stereocenters. The van der Waals surface area contributed by atoms with Gasteiger partial charge in [-0.25, -0.2) is 4.39 Å². The Morgan fingerprint density at radius 2 is 1.90 bits per heavy atom. The number of fused-ring (bicyclic) bond motifs is 1. The van der Waals surface area contributed by atoms with Gasteiger partial charge in [-0.3, -0.25) is 19.2 Å². The van der Waals surface area contributed by atoms with E-state index in [0.717, 1.165) is 12.1 Å². The zero-order valence-corrected chi connectivity index (χ0v) is 10.4. The first-order chi connectivity index (χ1) is 9.22. The highest BCUT2D eigenvalue weighted by Crippen LogP contribution is 2.36. The van der Waals surface area contributed by atoms with Crippen LogP contribution in [0.2, 0.25) is 5.02 Å². The predicted octanol–water partition coefficient (Wildman–Crippen LogP) is 2.54. The van der Waals surface area contributed by atoms with Gasteiger partial charge in [-0.15, -0.1) is 13.2 Å². The zero-order chi connectivity index (χ0) is 15.1. The Kier molecular flexibility index (Phi) is 3.70. The van der Waals surface area contributed by atoms with Crippen LogP contribution in [0.15, 0.2) is 12.1 Å². The summed E-state index contributed by atoms with van der Waals surface area (Å²) in [4.78, 5) is 23.9. The first-order valence-corrected chi connectivity index (χ1v) is 5.65. The van der Waals surface area contributed by atoms with Crippen molar-refractivity contribution in [3.05, 3.63) is 28.5 Å². The average molecular weight is 312 g/mol. The zero-order valence-electron chi connectivity index (χ0n) is 9.63. The van der Waals surface area contributed by atoms with E-state index in [9.17, 15) is 27.2 Å². The first kappa shape index (κ1) is 14.7. The minimum Gasteiger partial charge on any atom is -0.300 e. The number of ketones is 1. The van der Waals surface area contributed by atoms with Crippen LogP contribution in [-0.4, -0.2) is 31.2 Å². The van der Waals surface area contributed by atoms with Gasteiger partial charge in [-0.05, 0) is 12.1 Å². The number of amides is 1. The Bertz CT molecular complexity index is 588. The third-order valence-corrected chi connectivity index (χ3v) is 2.91. The van der Waals surface area contributed by atoms with E-state index in [1.807, 2.05) is 0 Å². The van der Waals surface area contributed by atoms with E-state index < -0.39 is 42.7 Å². The number of anilines is 1. The SMILES string of the molecule is O=C1C(=O)N(CCOC(F)(F)F)c2c(F)ccc(Cl)c21. The van der Waals surface area contributed by atoms with Gasteiger partial charge in [0.15, 0.2) is 0 Å². The number of Topliss-reactive ketones (excluding diaryl/α,β-unsaturated/α-hetero) is 1. The summed E-state index contributed by atoms with van der Waals surface area (Å²) in [5.74, 6) is -3.12. The summed E-state index contributed by atoms with van der Waals surface area (Å²) >= 11 is 5.70. The number of carbonyl (C=O) groups is 2. The molecule has 0 bridgehead atoms. The standard InChI is InChI=1S/C11H6ClF4NO3/c12-5-1-2-6(13)8-7(5)9(18)10(19)17(8)3-4-20-11(14,15)16/h1-2H,3-4H2. The largest absolute Gasteiger partial charge is 0.522 e. The predicted molar refractivity (Wildman–Crippen MR) is 60.1 cm³/mol. The van der Waals surface area contributed by atoms with Gasteiger partial charge in [-0.1, -0.05) is 11.6 Å². The number of alkyl halides is 3. The number of nitrogens with zero attached hydrogens (tertiary/aromatic N) is 1. The summed E-state index contributed by atoms with van der Waals surface area (Å²) in [7, 11) is 0. The molecular weight excluding hydrogens is 306 g/mol. The summed E-state index contributed by atoms with van der Waals surface area (Å²) in [6.07, 6.45) is -4.87. The van der Waals surface area contributed by atoms with Crippen LogP contribution < -0.4 is 4.90 Å². The van der Waals surface area contributed by atoms with Crippen LogP contribution in [0.25, 0.3) is 0 Å². The Morgan fingerprint density at radius 3 is 2.50 bits per heavy atom. The minimum atomic E-state index is -4.87. The van der Waals surface area contributed by atoms with Crippen molar-refractivity contribution >= 4 is 29.0 Å². The van der Waals surface area contributed by atoms with E-state index in [2.05, 4.69) is 4.74 Å². The van der Waals surface area contributed by atoms with Crippen LogP contribution >= 0.6 is 11.6 Å². The molecular formula is C11H6ClF4NO3. The summed E-state index contributed by atoms with van der Waals surface area (Å²) in [5, 5.41) is -0.140. The van der Waals surface area contributed by atoms with Crippen molar-refractivity contribution in [3.8, 4) is 0 Å². The fraction of sp³-hybridized carbons (Fsp3) is 0.273. The Labute approximate surface area is 114 Å². The number of carbonyl (C=O) groups excluding carboxylic acids is 2. The van der Waals surface area contributed by atoms with Crippen LogP contribution in [0, 0.1) is 5.82 Å². The molecule has 1 aliphatic rings. The van der Waals surface area contributed by atoms with E-state index in [1.54, 1.807) is 0 Å². The molecule has 1 aromatic carbocycles. The van der Waals surface area contributed by atoms with Crippen molar-refractivity contribution in [3.63, 3.8) is 0 Å². The molecule has 0 unspecified atom stereocenters. The molecule has 2 rings (SSSR count). The molecule has 0 spiro atoms. The Morgan fingerprint density at radius 1 is 1.25 bits per heavy atom. The van der Waals surface area contributed by atoms with Crippen molar-refractivity contribution in [1.29, 1.82) is 0 Å². The van der Waals surface area contributed by atoms with Crippen LogP contribution in [0.3, 0.4) is 0 Å². The maximum atomic E-state index is 13.7. The number of halogens is 5. The van der Waals surface area contributed by atoms with Crippen LogP contribution in [0.4, 0.5) is 23.2 Å². The minimum absolute atomic E-state index is 0.140. The number of rotatable bonds is 3. The smallest absolute Gasteiger partial charge is 0.300 e. The molecule has 1 amide bonds. The van der Waals surface area contributed by atoms with Gasteiger partial charge >= 0.3 is 6.36 Å². The number of benzene rings is 1. The average Bonchev–Trinajstić information content (AvgIpc) is 2.58. The highest BCUT2D eigenvalue weighted by atomic mass is 35.5. The lowest BCUT2D eigenvalue weighted by Gasteiger charge is -2.17.